The van der Waals surface area contributed by atoms with Crippen LogP contribution in [0.5, 0.6) is 0 Å². The number of carbonyl (C=O) groups is 1. The van der Waals surface area contributed by atoms with Gasteiger partial charge in [0.15, 0.2) is 0 Å². The molecular weight excluding hydrogens is 282 g/mol. The molecule has 0 radical (unpaired) electrons. The molecule has 1 aliphatic rings. The highest BCUT2D eigenvalue weighted by molar-refractivity contribution is 6.34. The Labute approximate surface area is 121 Å². The molecular formula is C13H16ClN3O3. The number of likely N-dealkylation sites (N-methyl/N-ethyl adjacent to an activating group) is 1. The van der Waals surface area contributed by atoms with Crippen LogP contribution < -0.4 is 5.32 Å². The van der Waals surface area contributed by atoms with Crippen molar-refractivity contribution >= 4 is 23.2 Å². The number of piperidine rings is 1. The normalized spacial score (nSPS) is 18.6. The van der Waals surface area contributed by atoms with Gasteiger partial charge in [0.05, 0.1) is 9.95 Å². The molecule has 20 heavy (non-hydrogen) atoms. The highest BCUT2D eigenvalue weighted by atomic mass is 35.5. The van der Waals surface area contributed by atoms with Gasteiger partial charge < -0.3 is 10.2 Å². The number of carbonyl (C=O) groups excluding carboxylic acids is 1. The van der Waals surface area contributed by atoms with Gasteiger partial charge in [0, 0.05) is 25.7 Å². The van der Waals surface area contributed by atoms with Crippen LogP contribution in [-0.2, 0) is 0 Å². The van der Waals surface area contributed by atoms with E-state index >= 15 is 0 Å². The number of hydrogen-bond acceptors (Lipinski definition) is 4. The second-order valence-corrected chi connectivity index (χ2v) is 5.21. The summed E-state index contributed by atoms with van der Waals surface area (Å²) in [5.41, 5.74) is -0.287. The Kier molecular flexibility index (Phi) is 4.57. The van der Waals surface area contributed by atoms with Crippen molar-refractivity contribution in [3.8, 4) is 0 Å². The number of nitro benzene ring substituents is 1. The Morgan fingerprint density at radius 1 is 1.55 bits per heavy atom. The fourth-order valence-electron chi connectivity index (χ4n) is 2.38. The molecule has 1 saturated heterocycles. The quantitative estimate of drug-likeness (QED) is 0.684. The average molecular weight is 298 g/mol. The zero-order chi connectivity index (χ0) is 14.7. The molecule has 1 unspecified atom stereocenters. The van der Waals surface area contributed by atoms with Gasteiger partial charge in [-0.25, -0.2) is 0 Å². The fourth-order valence-corrected chi connectivity index (χ4v) is 2.63. The molecule has 0 spiro atoms. The van der Waals surface area contributed by atoms with E-state index in [1.54, 1.807) is 11.9 Å². The van der Waals surface area contributed by atoms with E-state index in [9.17, 15) is 14.9 Å². The molecule has 7 heteroatoms. The van der Waals surface area contributed by atoms with E-state index in [4.69, 9.17) is 11.6 Å². The molecule has 0 bridgehead atoms. The van der Waals surface area contributed by atoms with Gasteiger partial charge in [-0.2, -0.15) is 0 Å². The number of hydrogen-bond donors (Lipinski definition) is 1. The molecule has 2 rings (SSSR count). The van der Waals surface area contributed by atoms with E-state index in [2.05, 4.69) is 5.32 Å². The molecule has 1 amide bonds. The van der Waals surface area contributed by atoms with E-state index in [0.29, 0.717) is 6.54 Å². The zero-order valence-electron chi connectivity index (χ0n) is 11.1. The van der Waals surface area contributed by atoms with Gasteiger partial charge in [-0.05, 0) is 25.5 Å². The predicted octanol–water partition coefficient (Wildman–Crippen LogP) is 2.07. The van der Waals surface area contributed by atoms with Crippen molar-refractivity contribution in [1.82, 2.24) is 10.2 Å². The molecule has 0 saturated carbocycles. The van der Waals surface area contributed by atoms with Crippen LogP contribution in [0.4, 0.5) is 5.69 Å². The average Bonchev–Trinajstić information content (AvgIpc) is 2.46. The Hall–Kier alpha value is -1.66. The van der Waals surface area contributed by atoms with Crippen LogP contribution in [0.1, 0.15) is 23.2 Å². The molecule has 1 aromatic carbocycles. The topological polar surface area (TPSA) is 75.5 Å². The molecule has 1 atom stereocenters. The minimum absolute atomic E-state index is 0.0344. The molecule has 108 valence electrons. The molecule has 1 aromatic rings. The first-order valence-corrected chi connectivity index (χ1v) is 6.81. The Balaban J connectivity index is 2.30. The zero-order valence-corrected chi connectivity index (χ0v) is 11.9. The van der Waals surface area contributed by atoms with E-state index in [1.165, 1.54) is 18.2 Å². The molecule has 0 aromatic heterocycles. The lowest BCUT2D eigenvalue weighted by Gasteiger charge is -2.31. The van der Waals surface area contributed by atoms with Crippen LogP contribution >= 0.6 is 11.6 Å². The highest BCUT2D eigenvalue weighted by Gasteiger charge is 2.29. The van der Waals surface area contributed by atoms with Crippen LogP contribution in [0.2, 0.25) is 5.02 Å². The Bertz CT molecular complexity index is 530. The number of nitrogens with one attached hydrogen (secondary N) is 1. The van der Waals surface area contributed by atoms with Crippen molar-refractivity contribution in [3.05, 3.63) is 38.9 Å². The van der Waals surface area contributed by atoms with Crippen molar-refractivity contribution < 1.29 is 9.72 Å². The second kappa shape index (κ2) is 6.19. The maximum atomic E-state index is 12.5. The number of halogens is 1. The third kappa shape index (κ3) is 2.91. The van der Waals surface area contributed by atoms with Crippen LogP contribution in [0.3, 0.4) is 0 Å². The van der Waals surface area contributed by atoms with Crippen molar-refractivity contribution in [3.63, 3.8) is 0 Å². The van der Waals surface area contributed by atoms with Crippen molar-refractivity contribution in [2.45, 2.75) is 18.9 Å². The third-order valence-electron chi connectivity index (χ3n) is 3.54. The summed E-state index contributed by atoms with van der Waals surface area (Å²) < 4.78 is 0. The number of nitro groups is 1. The molecule has 1 N–H and O–H groups in total. The summed E-state index contributed by atoms with van der Waals surface area (Å²) in [4.78, 5) is 24.5. The molecule has 1 heterocycles. The minimum atomic E-state index is -0.577. The summed E-state index contributed by atoms with van der Waals surface area (Å²) in [7, 11) is 1.66. The van der Waals surface area contributed by atoms with Crippen LogP contribution in [0, 0.1) is 10.1 Å². The van der Waals surface area contributed by atoms with Gasteiger partial charge in [-0.1, -0.05) is 17.7 Å². The lowest BCUT2D eigenvalue weighted by molar-refractivity contribution is -0.385. The predicted molar refractivity (Wildman–Crippen MR) is 76.1 cm³/mol. The summed E-state index contributed by atoms with van der Waals surface area (Å²) in [6.07, 6.45) is 1.86. The first kappa shape index (κ1) is 14.7. The van der Waals surface area contributed by atoms with Gasteiger partial charge >= 0.3 is 0 Å². The van der Waals surface area contributed by atoms with Crippen molar-refractivity contribution in [2.75, 3.05) is 20.1 Å². The molecule has 1 fully saturated rings. The Morgan fingerprint density at radius 2 is 2.30 bits per heavy atom. The number of amides is 1. The van der Waals surface area contributed by atoms with Gasteiger partial charge in [0.25, 0.3) is 11.6 Å². The van der Waals surface area contributed by atoms with E-state index in [1.807, 2.05) is 0 Å². The number of rotatable bonds is 3. The maximum Gasteiger partial charge on any atom is 0.283 e. The van der Waals surface area contributed by atoms with Gasteiger partial charge in [-0.15, -0.1) is 0 Å². The van der Waals surface area contributed by atoms with E-state index < -0.39 is 10.8 Å². The lowest BCUT2D eigenvalue weighted by Crippen LogP contribution is -2.46. The summed E-state index contributed by atoms with van der Waals surface area (Å²) in [5.74, 6) is -0.406. The number of benzene rings is 1. The largest absolute Gasteiger partial charge is 0.337 e. The SMILES string of the molecule is CN(C(=O)c1c(Cl)cccc1[N+](=O)[O-])C1CCCNC1. The van der Waals surface area contributed by atoms with Crippen molar-refractivity contribution in [2.24, 2.45) is 0 Å². The van der Waals surface area contributed by atoms with Crippen LogP contribution in [0.15, 0.2) is 18.2 Å². The molecule has 1 aliphatic heterocycles. The number of nitrogens with zero attached hydrogens (tertiary/aromatic N) is 2. The molecule has 0 aliphatic carbocycles. The highest BCUT2D eigenvalue weighted by Crippen LogP contribution is 2.28. The summed E-state index contributed by atoms with van der Waals surface area (Å²) in [6.45, 7) is 1.63. The monoisotopic (exact) mass is 297 g/mol. The summed E-state index contributed by atoms with van der Waals surface area (Å²) in [6, 6.07) is 4.30. The smallest absolute Gasteiger partial charge is 0.283 e. The fraction of sp³-hybridized carbons (Fsp3) is 0.462. The first-order valence-electron chi connectivity index (χ1n) is 6.43. The Morgan fingerprint density at radius 3 is 2.90 bits per heavy atom. The van der Waals surface area contributed by atoms with Gasteiger partial charge in [-0.3, -0.25) is 14.9 Å². The lowest BCUT2D eigenvalue weighted by atomic mass is 10.0. The van der Waals surface area contributed by atoms with E-state index in [-0.39, 0.29) is 22.3 Å². The van der Waals surface area contributed by atoms with Crippen LogP contribution in [-0.4, -0.2) is 41.9 Å². The van der Waals surface area contributed by atoms with Crippen molar-refractivity contribution in [1.29, 1.82) is 0 Å². The van der Waals surface area contributed by atoms with Gasteiger partial charge in [0.2, 0.25) is 0 Å². The minimum Gasteiger partial charge on any atom is -0.337 e. The second-order valence-electron chi connectivity index (χ2n) is 4.81. The van der Waals surface area contributed by atoms with Crippen LogP contribution in [0.25, 0.3) is 0 Å². The first-order chi connectivity index (χ1) is 9.52. The maximum absolute atomic E-state index is 12.5. The standard InChI is InChI=1S/C13H16ClN3O3/c1-16(9-4-3-7-15-8-9)13(18)12-10(14)5-2-6-11(12)17(19)20/h2,5-6,9,15H,3-4,7-8H2,1H3. The molecule has 6 nitrogen and oxygen atoms in total. The third-order valence-corrected chi connectivity index (χ3v) is 3.86. The van der Waals surface area contributed by atoms with E-state index in [0.717, 1.165) is 19.4 Å². The van der Waals surface area contributed by atoms with Gasteiger partial charge in [0.1, 0.15) is 5.56 Å². The summed E-state index contributed by atoms with van der Waals surface area (Å²) in [5, 5.41) is 14.4. The summed E-state index contributed by atoms with van der Waals surface area (Å²) >= 11 is 5.98.